The molecule has 23 heavy (non-hydrogen) atoms. The maximum absolute atomic E-state index is 12.2. The van der Waals surface area contributed by atoms with E-state index in [1.807, 2.05) is 32.0 Å². The van der Waals surface area contributed by atoms with Crippen molar-refractivity contribution in [2.75, 3.05) is 0 Å². The van der Waals surface area contributed by atoms with Gasteiger partial charge in [-0.1, -0.05) is 22.9 Å². The fourth-order valence-electron chi connectivity index (χ4n) is 2.26. The van der Waals surface area contributed by atoms with E-state index in [1.54, 1.807) is 24.5 Å². The molecule has 0 fully saturated rings. The molecule has 3 rings (SSSR count). The summed E-state index contributed by atoms with van der Waals surface area (Å²) >= 11 is 0. The SMILES string of the molecule is Cc1ccc(C(=O)NCc2nc(-c3ccncc3)no2)c(C)c1. The molecule has 2 aromatic heterocycles. The lowest BCUT2D eigenvalue weighted by Gasteiger charge is -2.06. The van der Waals surface area contributed by atoms with Gasteiger partial charge in [0.2, 0.25) is 11.7 Å². The number of nitrogens with zero attached hydrogens (tertiary/aromatic N) is 3. The molecule has 6 nitrogen and oxygen atoms in total. The third-order valence-electron chi connectivity index (χ3n) is 3.43. The molecular weight excluding hydrogens is 292 g/mol. The Morgan fingerprint density at radius 1 is 1.17 bits per heavy atom. The summed E-state index contributed by atoms with van der Waals surface area (Å²) in [5.41, 5.74) is 3.52. The maximum atomic E-state index is 12.2. The maximum Gasteiger partial charge on any atom is 0.251 e. The molecule has 1 N–H and O–H groups in total. The number of amides is 1. The molecule has 0 atom stereocenters. The van der Waals surface area contributed by atoms with Crippen LogP contribution in [0.2, 0.25) is 0 Å². The van der Waals surface area contributed by atoms with Gasteiger partial charge in [0, 0.05) is 23.5 Å². The van der Waals surface area contributed by atoms with Crippen LogP contribution in [0, 0.1) is 13.8 Å². The van der Waals surface area contributed by atoms with Crippen molar-refractivity contribution >= 4 is 5.91 Å². The molecule has 0 saturated carbocycles. The third kappa shape index (κ3) is 3.42. The minimum atomic E-state index is -0.161. The van der Waals surface area contributed by atoms with E-state index in [2.05, 4.69) is 20.4 Å². The van der Waals surface area contributed by atoms with Crippen LogP contribution in [-0.2, 0) is 6.54 Å². The summed E-state index contributed by atoms with van der Waals surface area (Å²) in [6, 6.07) is 9.29. The van der Waals surface area contributed by atoms with E-state index >= 15 is 0 Å². The van der Waals surface area contributed by atoms with E-state index in [1.165, 1.54) is 0 Å². The lowest BCUT2D eigenvalue weighted by atomic mass is 10.1. The summed E-state index contributed by atoms with van der Waals surface area (Å²) in [5.74, 6) is 0.671. The lowest BCUT2D eigenvalue weighted by molar-refractivity contribution is 0.0945. The average molecular weight is 308 g/mol. The van der Waals surface area contributed by atoms with E-state index < -0.39 is 0 Å². The molecule has 1 amide bonds. The van der Waals surface area contributed by atoms with Crippen LogP contribution < -0.4 is 5.32 Å². The first-order chi connectivity index (χ1) is 11.1. The number of carbonyl (C=O) groups excluding carboxylic acids is 1. The van der Waals surface area contributed by atoms with E-state index in [9.17, 15) is 4.79 Å². The molecule has 0 aliphatic heterocycles. The molecule has 0 saturated heterocycles. The molecule has 3 aromatic rings. The van der Waals surface area contributed by atoms with Crippen LogP contribution in [0.5, 0.6) is 0 Å². The van der Waals surface area contributed by atoms with Crippen molar-refractivity contribution in [3.05, 3.63) is 65.3 Å². The molecule has 0 unspecified atom stereocenters. The van der Waals surface area contributed by atoms with Crippen LogP contribution in [0.15, 0.2) is 47.2 Å². The smallest absolute Gasteiger partial charge is 0.251 e. The number of aryl methyl sites for hydroxylation is 2. The first kappa shape index (κ1) is 14.9. The Morgan fingerprint density at radius 2 is 1.96 bits per heavy atom. The zero-order valence-corrected chi connectivity index (χ0v) is 12.9. The number of aromatic nitrogens is 3. The summed E-state index contributed by atoms with van der Waals surface area (Å²) in [4.78, 5) is 20.4. The fraction of sp³-hybridized carbons (Fsp3) is 0.176. The first-order valence-electron chi connectivity index (χ1n) is 7.22. The van der Waals surface area contributed by atoms with Crippen molar-refractivity contribution in [2.45, 2.75) is 20.4 Å². The van der Waals surface area contributed by atoms with Gasteiger partial charge in [0.15, 0.2) is 0 Å². The minimum Gasteiger partial charge on any atom is -0.343 e. The van der Waals surface area contributed by atoms with Crippen molar-refractivity contribution in [1.82, 2.24) is 20.4 Å². The molecule has 2 heterocycles. The second kappa shape index (κ2) is 6.39. The van der Waals surface area contributed by atoms with E-state index in [0.717, 1.165) is 16.7 Å². The minimum absolute atomic E-state index is 0.161. The van der Waals surface area contributed by atoms with Gasteiger partial charge in [-0.15, -0.1) is 0 Å². The van der Waals surface area contributed by atoms with E-state index in [-0.39, 0.29) is 12.5 Å². The Balaban J connectivity index is 1.67. The Kier molecular flexibility index (Phi) is 4.14. The quantitative estimate of drug-likeness (QED) is 0.801. The summed E-state index contributed by atoms with van der Waals surface area (Å²) in [6.07, 6.45) is 3.32. The molecule has 0 aliphatic rings. The normalized spacial score (nSPS) is 10.5. The number of rotatable bonds is 4. The van der Waals surface area contributed by atoms with Gasteiger partial charge in [0.25, 0.3) is 5.91 Å². The molecule has 1 aromatic carbocycles. The molecule has 0 spiro atoms. The number of hydrogen-bond acceptors (Lipinski definition) is 5. The zero-order valence-electron chi connectivity index (χ0n) is 12.9. The highest BCUT2D eigenvalue weighted by Crippen LogP contribution is 2.14. The van der Waals surface area contributed by atoms with Crippen LogP contribution in [0.3, 0.4) is 0 Å². The lowest BCUT2D eigenvalue weighted by Crippen LogP contribution is -2.23. The van der Waals surface area contributed by atoms with Crippen molar-refractivity contribution < 1.29 is 9.32 Å². The molecule has 0 radical (unpaired) electrons. The standard InChI is InChI=1S/C17H16N4O2/c1-11-3-4-14(12(2)9-11)17(22)19-10-15-20-16(21-23-15)13-5-7-18-8-6-13/h3-9H,10H2,1-2H3,(H,19,22). The van der Waals surface area contributed by atoms with Crippen molar-refractivity contribution in [1.29, 1.82) is 0 Å². The Hall–Kier alpha value is -3.02. The van der Waals surface area contributed by atoms with Gasteiger partial charge >= 0.3 is 0 Å². The fourth-order valence-corrected chi connectivity index (χ4v) is 2.26. The van der Waals surface area contributed by atoms with Gasteiger partial charge in [-0.05, 0) is 37.6 Å². The largest absolute Gasteiger partial charge is 0.343 e. The van der Waals surface area contributed by atoms with Crippen molar-refractivity contribution in [2.24, 2.45) is 0 Å². The Bertz CT molecular complexity index is 828. The third-order valence-corrected chi connectivity index (χ3v) is 3.43. The van der Waals surface area contributed by atoms with Gasteiger partial charge in [-0.3, -0.25) is 9.78 Å². The summed E-state index contributed by atoms with van der Waals surface area (Å²) in [7, 11) is 0. The Labute approximate surface area is 133 Å². The molecule has 0 bridgehead atoms. The first-order valence-corrected chi connectivity index (χ1v) is 7.22. The van der Waals surface area contributed by atoms with E-state index in [4.69, 9.17) is 4.52 Å². The predicted molar refractivity (Wildman–Crippen MR) is 84.6 cm³/mol. The predicted octanol–water partition coefficient (Wildman–Crippen LogP) is 2.68. The van der Waals surface area contributed by atoms with E-state index in [0.29, 0.717) is 17.3 Å². The average Bonchev–Trinajstić information content (AvgIpc) is 3.02. The van der Waals surface area contributed by atoms with Gasteiger partial charge in [-0.25, -0.2) is 0 Å². The van der Waals surface area contributed by atoms with Gasteiger partial charge < -0.3 is 9.84 Å². The molecule has 0 aliphatic carbocycles. The van der Waals surface area contributed by atoms with Crippen molar-refractivity contribution in [3.63, 3.8) is 0 Å². The van der Waals surface area contributed by atoms with Crippen LogP contribution in [-0.4, -0.2) is 21.0 Å². The van der Waals surface area contributed by atoms with Crippen molar-refractivity contribution in [3.8, 4) is 11.4 Å². The summed E-state index contributed by atoms with van der Waals surface area (Å²) < 4.78 is 5.16. The molecule has 116 valence electrons. The Morgan fingerprint density at radius 3 is 2.70 bits per heavy atom. The van der Waals surface area contributed by atoms with Gasteiger partial charge in [0.1, 0.15) is 0 Å². The highest BCUT2D eigenvalue weighted by molar-refractivity contribution is 5.95. The number of benzene rings is 1. The summed E-state index contributed by atoms with van der Waals surface area (Å²) in [6.45, 7) is 4.09. The topological polar surface area (TPSA) is 80.9 Å². The number of nitrogens with one attached hydrogen (secondary N) is 1. The molecular formula is C17H16N4O2. The highest BCUT2D eigenvalue weighted by atomic mass is 16.5. The monoisotopic (exact) mass is 308 g/mol. The van der Waals surface area contributed by atoms with Crippen LogP contribution >= 0.6 is 0 Å². The number of hydrogen-bond donors (Lipinski definition) is 1. The van der Waals surface area contributed by atoms with Gasteiger partial charge in [-0.2, -0.15) is 4.98 Å². The number of pyridine rings is 1. The second-order valence-electron chi connectivity index (χ2n) is 5.25. The van der Waals surface area contributed by atoms with Gasteiger partial charge in [0.05, 0.1) is 6.54 Å². The second-order valence-corrected chi connectivity index (χ2v) is 5.25. The van der Waals surface area contributed by atoms with Crippen LogP contribution in [0.4, 0.5) is 0 Å². The number of carbonyl (C=O) groups is 1. The summed E-state index contributed by atoms with van der Waals surface area (Å²) in [5, 5.41) is 6.69. The highest BCUT2D eigenvalue weighted by Gasteiger charge is 2.12. The van der Waals surface area contributed by atoms with Crippen LogP contribution in [0.25, 0.3) is 11.4 Å². The van der Waals surface area contributed by atoms with Crippen LogP contribution in [0.1, 0.15) is 27.4 Å². The molecule has 6 heteroatoms. The zero-order chi connectivity index (χ0) is 16.2.